The number of carbonyl (C=O) groups excluding carboxylic acids is 1. The fourth-order valence-corrected chi connectivity index (χ4v) is 6.31. The highest BCUT2D eigenvalue weighted by Crippen LogP contribution is 2.48. The predicted molar refractivity (Wildman–Crippen MR) is 160 cm³/mol. The van der Waals surface area contributed by atoms with E-state index in [1.54, 1.807) is 6.20 Å². The SMILES string of the molecule is CN1CCC(O)(c2cc(C3CC3)cn3cc(CNc4ccnc(NC(=O)[C@H]5C[C@@H]5c5cccc(Cl)c5)c4)nc23)CC1. The van der Waals surface area contributed by atoms with Crippen molar-refractivity contribution in [2.75, 3.05) is 30.8 Å². The lowest BCUT2D eigenvalue weighted by molar-refractivity contribution is -0.117. The smallest absolute Gasteiger partial charge is 0.229 e. The molecule has 0 radical (unpaired) electrons. The number of benzene rings is 1. The van der Waals surface area contributed by atoms with E-state index in [1.165, 1.54) is 18.4 Å². The second-order valence-corrected chi connectivity index (χ2v) is 12.5. The Balaban J connectivity index is 1.04. The molecule has 3 fully saturated rings. The Bertz CT molecular complexity index is 1610. The van der Waals surface area contributed by atoms with E-state index in [1.807, 2.05) is 36.4 Å². The van der Waals surface area contributed by atoms with Crippen LogP contribution in [0.1, 0.15) is 66.3 Å². The summed E-state index contributed by atoms with van der Waals surface area (Å²) in [6.45, 7) is 2.25. The molecule has 3 aromatic heterocycles. The molecule has 2 aliphatic carbocycles. The Morgan fingerprint density at radius 3 is 2.73 bits per heavy atom. The van der Waals surface area contributed by atoms with Crippen molar-refractivity contribution in [1.82, 2.24) is 19.3 Å². The van der Waals surface area contributed by atoms with E-state index in [9.17, 15) is 9.90 Å². The minimum atomic E-state index is -0.861. The third-order valence-corrected chi connectivity index (χ3v) is 9.11. The molecule has 9 heteroatoms. The molecule has 41 heavy (non-hydrogen) atoms. The first-order valence-corrected chi connectivity index (χ1v) is 14.9. The van der Waals surface area contributed by atoms with E-state index < -0.39 is 5.60 Å². The Kier molecular flexibility index (Phi) is 6.72. The summed E-state index contributed by atoms with van der Waals surface area (Å²) >= 11 is 6.13. The standard InChI is InChI=1S/C32H35ClN6O2/c1-38-11-8-32(41,9-12-38)28-14-22(20-5-6-20)18-39-19-25(36-30(28)39)17-35-24-7-10-34-29(15-24)37-31(40)27-16-26(27)21-3-2-4-23(33)13-21/h2-4,7,10,13-15,18-20,26-27,41H,5-6,8-9,11-12,16-17H2,1H3,(H2,34,35,37,40)/t26-,27+/m1/s1. The Morgan fingerprint density at radius 2 is 1.95 bits per heavy atom. The van der Waals surface area contributed by atoms with E-state index in [4.69, 9.17) is 16.6 Å². The van der Waals surface area contributed by atoms with Gasteiger partial charge >= 0.3 is 0 Å². The largest absolute Gasteiger partial charge is 0.385 e. The van der Waals surface area contributed by atoms with E-state index >= 15 is 0 Å². The van der Waals surface area contributed by atoms with Gasteiger partial charge in [-0.2, -0.15) is 0 Å². The van der Waals surface area contributed by atoms with Crippen molar-refractivity contribution in [3.8, 4) is 0 Å². The Morgan fingerprint density at radius 1 is 1.12 bits per heavy atom. The first-order chi connectivity index (χ1) is 19.8. The van der Waals surface area contributed by atoms with Crippen LogP contribution < -0.4 is 10.6 Å². The molecular weight excluding hydrogens is 536 g/mol. The molecule has 8 nitrogen and oxygen atoms in total. The third-order valence-electron chi connectivity index (χ3n) is 8.88. The van der Waals surface area contributed by atoms with Gasteiger partial charge in [-0.3, -0.25) is 4.79 Å². The molecule has 1 aliphatic heterocycles. The van der Waals surface area contributed by atoms with Crippen molar-refractivity contribution in [3.63, 3.8) is 0 Å². The van der Waals surface area contributed by atoms with Crippen LogP contribution in [0.25, 0.3) is 5.65 Å². The maximum Gasteiger partial charge on any atom is 0.229 e. The van der Waals surface area contributed by atoms with Gasteiger partial charge in [0.1, 0.15) is 11.5 Å². The number of piperidine rings is 1. The lowest BCUT2D eigenvalue weighted by Crippen LogP contribution is -2.41. The zero-order chi connectivity index (χ0) is 28.1. The highest BCUT2D eigenvalue weighted by Gasteiger charge is 2.44. The van der Waals surface area contributed by atoms with Crippen molar-refractivity contribution in [2.45, 2.75) is 56.1 Å². The fraction of sp³-hybridized carbons (Fsp3) is 0.406. The molecule has 2 saturated carbocycles. The second kappa shape index (κ2) is 10.4. The summed E-state index contributed by atoms with van der Waals surface area (Å²) in [7, 11) is 2.11. The quantitative estimate of drug-likeness (QED) is 0.258. The van der Waals surface area contributed by atoms with Crippen molar-refractivity contribution in [1.29, 1.82) is 0 Å². The zero-order valence-corrected chi connectivity index (χ0v) is 23.9. The molecule has 1 amide bonds. The number of imidazole rings is 1. The highest BCUT2D eigenvalue weighted by molar-refractivity contribution is 6.30. The van der Waals surface area contributed by atoms with Crippen molar-refractivity contribution < 1.29 is 9.90 Å². The molecular formula is C32H35ClN6O2. The minimum absolute atomic E-state index is 0.0224. The number of aliphatic hydroxyl groups is 1. The lowest BCUT2D eigenvalue weighted by atomic mass is 9.84. The van der Waals surface area contributed by atoms with Crippen LogP contribution in [0.5, 0.6) is 0 Å². The molecule has 0 unspecified atom stereocenters. The van der Waals surface area contributed by atoms with Gasteiger partial charge in [-0.1, -0.05) is 23.7 Å². The van der Waals surface area contributed by atoms with Gasteiger partial charge in [0.05, 0.1) is 17.8 Å². The van der Waals surface area contributed by atoms with Gasteiger partial charge in [-0.25, -0.2) is 9.97 Å². The summed E-state index contributed by atoms with van der Waals surface area (Å²) in [5.41, 5.74) is 5.05. The van der Waals surface area contributed by atoms with Gasteiger partial charge in [0.2, 0.25) is 5.91 Å². The number of likely N-dealkylation sites (tertiary alicyclic amines) is 1. The lowest BCUT2D eigenvalue weighted by Gasteiger charge is -2.37. The fourth-order valence-electron chi connectivity index (χ4n) is 6.11. The van der Waals surface area contributed by atoms with Crippen LogP contribution in [0.15, 0.2) is 61.1 Å². The van der Waals surface area contributed by atoms with Gasteiger partial charge in [-0.15, -0.1) is 0 Å². The van der Waals surface area contributed by atoms with Gasteiger partial charge in [0.15, 0.2) is 0 Å². The maximum atomic E-state index is 12.9. The molecule has 212 valence electrons. The van der Waals surface area contributed by atoms with Gasteiger partial charge in [-0.05, 0) is 86.4 Å². The summed E-state index contributed by atoms with van der Waals surface area (Å²) in [5, 5.41) is 18.8. The van der Waals surface area contributed by atoms with Crippen molar-refractivity contribution in [3.05, 3.63) is 88.5 Å². The number of amides is 1. The summed E-state index contributed by atoms with van der Waals surface area (Å²) in [6, 6.07) is 13.7. The number of rotatable bonds is 8. The minimum Gasteiger partial charge on any atom is -0.385 e. The van der Waals surface area contributed by atoms with Crippen LogP contribution in [0.2, 0.25) is 5.02 Å². The summed E-state index contributed by atoms with van der Waals surface area (Å²) in [4.78, 5) is 24.5. The number of pyridine rings is 2. The number of halogens is 1. The molecule has 7 rings (SSSR count). The van der Waals surface area contributed by atoms with Crippen LogP contribution in [-0.4, -0.2) is 50.4 Å². The number of nitrogens with one attached hydrogen (secondary N) is 2. The van der Waals surface area contributed by atoms with Gasteiger partial charge in [0, 0.05) is 59.9 Å². The van der Waals surface area contributed by atoms with Crippen LogP contribution >= 0.6 is 11.6 Å². The summed E-state index contributed by atoms with van der Waals surface area (Å²) in [6.07, 6.45) is 10.6. The molecule has 4 aromatic rings. The average molecular weight is 571 g/mol. The molecule has 3 aliphatic rings. The number of anilines is 2. The van der Waals surface area contributed by atoms with E-state index in [2.05, 4.69) is 50.4 Å². The van der Waals surface area contributed by atoms with E-state index in [0.29, 0.717) is 36.1 Å². The van der Waals surface area contributed by atoms with E-state index in [-0.39, 0.29) is 17.7 Å². The van der Waals surface area contributed by atoms with Gasteiger partial charge < -0.3 is 25.0 Å². The van der Waals surface area contributed by atoms with Crippen molar-refractivity contribution >= 4 is 34.7 Å². The molecule has 3 N–H and O–H groups in total. The molecule has 0 bridgehead atoms. The molecule has 0 spiro atoms. The monoisotopic (exact) mass is 570 g/mol. The van der Waals surface area contributed by atoms with Crippen LogP contribution in [0, 0.1) is 5.92 Å². The average Bonchev–Trinajstić information content (AvgIpc) is 3.90. The molecule has 4 heterocycles. The number of carbonyl (C=O) groups is 1. The molecule has 1 aromatic carbocycles. The van der Waals surface area contributed by atoms with Crippen LogP contribution in [0.4, 0.5) is 11.5 Å². The summed E-state index contributed by atoms with van der Waals surface area (Å²) < 4.78 is 2.10. The number of nitrogens with zero attached hydrogens (tertiary/aromatic N) is 4. The number of fused-ring (bicyclic) bond motifs is 1. The Hall–Kier alpha value is -3.46. The maximum absolute atomic E-state index is 12.9. The second-order valence-electron chi connectivity index (χ2n) is 12.0. The number of hydrogen-bond acceptors (Lipinski definition) is 6. The van der Waals surface area contributed by atoms with Gasteiger partial charge in [0.25, 0.3) is 0 Å². The normalized spacial score (nSPS) is 22.0. The molecule has 2 atom stereocenters. The van der Waals surface area contributed by atoms with Crippen LogP contribution in [-0.2, 0) is 16.9 Å². The van der Waals surface area contributed by atoms with Crippen LogP contribution in [0.3, 0.4) is 0 Å². The summed E-state index contributed by atoms with van der Waals surface area (Å²) in [5.74, 6) is 1.21. The Labute approximate surface area is 244 Å². The van der Waals surface area contributed by atoms with E-state index in [0.717, 1.165) is 47.7 Å². The first-order valence-electron chi connectivity index (χ1n) is 14.5. The molecule has 1 saturated heterocycles. The first kappa shape index (κ1) is 26.4. The highest BCUT2D eigenvalue weighted by atomic mass is 35.5. The predicted octanol–water partition coefficient (Wildman–Crippen LogP) is 5.53. The number of hydrogen-bond donors (Lipinski definition) is 3. The number of aromatic nitrogens is 3. The zero-order valence-electron chi connectivity index (χ0n) is 23.2. The van der Waals surface area contributed by atoms with Crippen molar-refractivity contribution in [2.24, 2.45) is 5.92 Å². The topological polar surface area (TPSA) is 94.8 Å². The third kappa shape index (κ3) is 5.56.